The highest BCUT2D eigenvalue weighted by molar-refractivity contribution is 5.67. The van der Waals surface area contributed by atoms with Crippen LogP contribution in [0.25, 0.3) is 11.5 Å². The number of hydrogen-bond acceptors (Lipinski definition) is 3. The Hall–Kier alpha value is -1.71. The van der Waals surface area contributed by atoms with Gasteiger partial charge < -0.3 is 10.2 Å². The van der Waals surface area contributed by atoms with Crippen molar-refractivity contribution in [3.8, 4) is 11.5 Å². The van der Waals surface area contributed by atoms with E-state index in [2.05, 4.69) is 5.10 Å². The fourth-order valence-corrected chi connectivity index (χ4v) is 2.72. The summed E-state index contributed by atoms with van der Waals surface area (Å²) in [5.74, 6) is 0.750. The Morgan fingerprint density at radius 3 is 2.67 bits per heavy atom. The molecule has 2 N–H and O–H groups in total. The third-order valence-corrected chi connectivity index (χ3v) is 3.71. The quantitative estimate of drug-likeness (QED) is 0.822. The Balaban J connectivity index is 1.87. The fraction of sp³-hybridized carbons (Fsp3) is 0.500. The van der Waals surface area contributed by atoms with E-state index in [1.165, 1.54) is 38.5 Å². The SMILES string of the molecule is Nc1cn(C2CCCCCC2)nc1-c1ccco1. The summed E-state index contributed by atoms with van der Waals surface area (Å²) in [5.41, 5.74) is 7.51. The molecule has 0 saturated heterocycles. The topological polar surface area (TPSA) is 57.0 Å². The van der Waals surface area contributed by atoms with Gasteiger partial charge in [0.05, 0.1) is 18.0 Å². The van der Waals surface area contributed by atoms with Gasteiger partial charge in [0.1, 0.15) is 0 Å². The number of rotatable bonds is 2. The molecule has 4 nitrogen and oxygen atoms in total. The minimum Gasteiger partial charge on any atom is -0.463 e. The molecule has 0 aliphatic heterocycles. The van der Waals surface area contributed by atoms with Crippen LogP contribution in [0.4, 0.5) is 5.69 Å². The second-order valence-corrected chi connectivity index (χ2v) is 5.04. The molecule has 2 heterocycles. The van der Waals surface area contributed by atoms with Crippen LogP contribution in [0.3, 0.4) is 0 Å². The number of aromatic nitrogens is 2. The smallest absolute Gasteiger partial charge is 0.156 e. The van der Waals surface area contributed by atoms with Gasteiger partial charge in [-0.3, -0.25) is 4.68 Å². The van der Waals surface area contributed by atoms with Crippen molar-refractivity contribution in [3.05, 3.63) is 24.6 Å². The standard InChI is InChI=1S/C14H19N3O/c15-12-10-17(11-6-3-1-2-4-7-11)16-14(12)13-8-5-9-18-13/h5,8-11H,1-4,6-7,15H2. The summed E-state index contributed by atoms with van der Waals surface area (Å²) in [6.45, 7) is 0. The van der Waals surface area contributed by atoms with Crippen molar-refractivity contribution in [2.75, 3.05) is 5.73 Å². The van der Waals surface area contributed by atoms with Crippen molar-refractivity contribution in [2.45, 2.75) is 44.6 Å². The first-order valence-electron chi connectivity index (χ1n) is 6.73. The molecule has 1 fully saturated rings. The Labute approximate surface area is 107 Å². The van der Waals surface area contributed by atoms with Gasteiger partial charge in [0.25, 0.3) is 0 Å². The van der Waals surface area contributed by atoms with Crippen molar-refractivity contribution in [2.24, 2.45) is 0 Å². The molecule has 2 aromatic heterocycles. The second kappa shape index (κ2) is 4.88. The maximum atomic E-state index is 6.03. The van der Waals surface area contributed by atoms with Crippen LogP contribution in [0.2, 0.25) is 0 Å². The molecular weight excluding hydrogens is 226 g/mol. The first-order chi connectivity index (χ1) is 8.84. The zero-order chi connectivity index (χ0) is 12.4. The molecule has 96 valence electrons. The Bertz CT molecular complexity index is 493. The van der Waals surface area contributed by atoms with Crippen LogP contribution in [-0.2, 0) is 0 Å². The third-order valence-electron chi connectivity index (χ3n) is 3.71. The van der Waals surface area contributed by atoms with Crippen LogP contribution < -0.4 is 5.73 Å². The Morgan fingerprint density at radius 2 is 2.00 bits per heavy atom. The van der Waals surface area contributed by atoms with Crippen molar-refractivity contribution < 1.29 is 4.42 Å². The minimum absolute atomic E-state index is 0.499. The van der Waals surface area contributed by atoms with Gasteiger partial charge >= 0.3 is 0 Å². The maximum Gasteiger partial charge on any atom is 0.156 e. The molecule has 3 rings (SSSR count). The van der Waals surface area contributed by atoms with E-state index < -0.39 is 0 Å². The van der Waals surface area contributed by atoms with Crippen LogP contribution in [0.15, 0.2) is 29.0 Å². The van der Waals surface area contributed by atoms with Gasteiger partial charge in [-0.2, -0.15) is 5.10 Å². The monoisotopic (exact) mass is 245 g/mol. The molecule has 1 aliphatic rings. The number of nitrogen functional groups attached to an aromatic ring is 1. The normalized spacial score (nSPS) is 17.8. The lowest BCUT2D eigenvalue weighted by Crippen LogP contribution is -2.08. The van der Waals surface area contributed by atoms with Gasteiger partial charge in [-0.05, 0) is 25.0 Å². The Kier molecular flexibility index (Phi) is 3.09. The van der Waals surface area contributed by atoms with Gasteiger partial charge in [-0.25, -0.2) is 0 Å². The largest absolute Gasteiger partial charge is 0.463 e. The molecule has 0 radical (unpaired) electrons. The van der Waals surface area contributed by atoms with E-state index in [4.69, 9.17) is 10.2 Å². The van der Waals surface area contributed by atoms with E-state index in [9.17, 15) is 0 Å². The zero-order valence-corrected chi connectivity index (χ0v) is 10.5. The summed E-state index contributed by atoms with van der Waals surface area (Å²) in [4.78, 5) is 0. The molecule has 4 heteroatoms. The van der Waals surface area contributed by atoms with E-state index in [0.717, 1.165) is 11.5 Å². The van der Waals surface area contributed by atoms with Crippen molar-refractivity contribution in [1.82, 2.24) is 9.78 Å². The molecular formula is C14H19N3O. The van der Waals surface area contributed by atoms with Gasteiger partial charge in [0.2, 0.25) is 0 Å². The molecule has 0 bridgehead atoms. The highest BCUT2D eigenvalue weighted by atomic mass is 16.3. The molecule has 0 amide bonds. The van der Waals surface area contributed by atoms with Gasteiger partial charge in [-0.1, -0.05) is 25.7 Å². The lowest BCUT2D eigenvalue weighted by molar-refractivity contribution is 0.405. The van der Waals surface area contributed by atoms with Crippen molar-refractivity contribution in [3.63, 3.8) is 0 Å². The zero-order valence-electron chi connectivity index (χ0n) is 10.5. The first-order valence-corrected chi connectivity index (χ1v) is 6.73. The number of furan rings is 1. The molecule has 2 aromatic rings. The summed E-state index contributed by atoms with van der Waals surface area (Å²) in [6.07, 6.45) is 11.3. The summed E-state index contributed by atoms with van der Waals surface area (Å²) in [5, 5.41) is 4.62. The van der Waals surface area contributed by atoms with Gasteiger partial charge in [0.15, 0.2) is 11.5 Å². The van der Waals surface area contributed by atoms with Crippen LogP contribution in [0.5, 0.6) is 0 Å². The molecule has 0 unspecified atom stereocenters. The van der Waals surface area contributed by atoms with E-state index in [1.54, 1.807) is 6.26 Å². The van der Waals surface area contributed by atoms with Crippen LogP contribution in [0.1, 0.15) is 44.6 Å². The predicted octanol–water partition coefficient (Wildman–Crippen LogP) is 3.62. The molecule has 1 saturated carbocycles. The molecule has 0 aromatic carbocycles. The lowest BCUT2D eigenvalue weighted by atomic mass is 10.1. The summed E-state index contributed by atoms with van der Waals surface area (Å²) >= 11 is 0. The fourth-order valence-electron chi connectivity index (χ4n) is 2.72. The average molecular weight is 245 g/mol. The van der Waals surface area contributed by atoms with Crippen molar-refractivity contribution in [1.29, 1.82) is 0 Å². The van der Waals surface area contributed by atoms with Gasteiger partial charge in [-0.15, -0.1) is 0 Å². The minimum atomic E-state index is 0.499. The second-order valence-electron chi connectivity index (χ2n) is 5.04. The van der Waals surface area contributed by atoms with E-state index >= 15 is 0 Å². The van der Waals surface area contributed by atoms with Crippen LogP contribution >= 0.6 is 0 Å². The molecule has 0 spiro atoms. The highest BCUT2D eigenvalue weighted by Crippen LogP contribution is 2.30. The number of nitrogens with zero attached hydrogens (tertiary/aromatic N) is 2. The molecule has 0 atom stereocenters. The predicted molar refractivity (Wildman–Crippen MR) is 71.1 cm³/mol. The lowest BCUT2D eigenvalue weighted by Gasteiger charge is -2.14. The number of anilines is 1. The number of nitrogens with two attached hydrogens (primary N) is 1. The van der Waals surface area contributed by atoms with E-state index in [1.807, 2.05) is 23.0 Å². The van der Waals surface area contributed by atoms with Crippen LogP contribution in [0, 0.1) is 0 Å². The average Bonchev–Trinajstić information content (AvgIpc) is 2.92. The van der Waals surface area contributed by atoms with Crippen molar-refractivity contribution >= 4 is 5.69 Å². The summed E-state index contributed by atoms with van der Waals surface area (Å²) < 4.78 is 7.41. The molecule has 1 aliphatic carbocycles. The van der Waals surface area contributed by atoms with E-state index in [0.29, 0.717) is 11.7 Å². The van der Waals surface area contributed by atoms with Crippen LogP contribution in [-0.4, -0.2) is 9.78 Å². The highest BCUT2D eigenvalue weighted by Gasteiger charge is 2.18. The first kappa shape index (κ1) is 11.4. The van der Waals surface area contributed by atoms with Gasteiger partial charge in [0, 0.05) is 6.20 Å². The maximum absolute atomic E-state index is 6.03. The number of hydrogen-bond donors (Lipinski definition) is 1. The summed E-state index contributed by atoms with van der Waals surface area (Å²) in [6, 6.07) is 4.26. The molecule has 18 heavy (non-hydrogen) atoms. The Morgan fingerprint density at radius 1 is 1.22 bits per heavy atom. The summed E-state index contributed by atoms with van der Waals surface area (Å²) in [7, 11) is 0. The van der Waals surface area contributed by atoms with E-state index in [-0.39, 0.29) is 0 Å². The third kappa shape index (κ3) is 2.15.